The van der Waals surface area contributed by atoms with Crippen LogP contribution in [-0.4, -0.2) is 38.1 Å². The summed E-state index contributed by atoms with van der Waals surface area (Å²) in [5, 5.41) is 5.26. The van der Waals surface area contributed by atoms with Crippen molar-refractivity contribution in [3.05, 3.63) is 23.8 Å². The highest BCUT2D eigenvalue weighted by Gasteiger charge is 2.15. The highest BCUT2D eigenvalue weighted by Crippen LogP contribution is 2.30. The fraction of sp³-hybridized carbons (Fsp3) is 0.429. The lowest BCUT2D eigenvalue weighted by Crippen LogP contribution is -2.37. The molecule has 1 aromatic carbocycles. The number of hydrogen-bond acceptors (Lipinski definition) is 4. The Bertz CT molecular complexity index is 502. The molecule has 0 unspecified atom stereocenters. The average Bonchev–Trinajstić information content (AvgIpc) is 2.50. The van der Waals surface area contributed by atoms with E-state index in [0.717, 1.165) is 6.42 Å². The van der Waals surface area contributed by atoms with Gasteiger partial charge in [-0.2, -0.15) is 0 Å². The zero-order chi connectivity index (χ0) is 14.4. The molecule has 6 heteroatoms. The topological polar surface area (TPSA) is 76.7 Å². The minimum absolute atomic E-state index is 0.0344. The Morgan fingerprint density at radius 1 is 1.15 bits per heavy atom. The quantitative estimate of drug-likeness (QED) is 0.832. The van der Waals surface area contributed by atoms with Gasteiger partial charge in [-0.15, -0.1) is 0 Å². The molecule has 1 aliphatic heterocycles. The molecule has 1 heterocycles. The first-order valence-corrected chi connectivity index (χ1v) is 6.65. The highest BCUT2D eigenvalue weighted by molar-refractivity contribution is 5.97. The summed E-state index contributed by atoms with van der Waals surface area (Å²) >= 11 is 0. The second kappa shape index (κ2) is 6.79. The van der Waals surface area contributed by atoms with E-state index < -0.39 is 0 Å². The molecule has 0 spiro atoms. The highest BCUT2D eigenvalue weighted by atomic mass is 16.6. The lowest BCUT2D eigenvalue weighted by atomic mass is 10.2. The van der Waals surface area contributed by atoms with Gasteiger partial charge >= 0.3 is 0 Å². The van der Waals surface area contributed by atoms with Crippen LogP contribution in [0.3, 0.4) is 0 Å². The average molecular weight is 278 g/mol. The van der Waals surface area contributed by atoms with Crippen molar-refractivity contribution in [3.8, 4) is 11.5 Å². The van der Waals surface area contributed by atoms with Crippen LogP contribution >= 0.6 is 0 Å². The molecule has 0 saturated carbocycles. The molecule has 2 amide bonds. The van der Waals surface area contributed by atoms with Crippen molar-refractivity contribution < 1.29 is 19.1 Å². The van der Waals surface area contributed by atoms with Gasteiger partial charge in [-0.3, -0.25) is 9.59 Å². The van der Waals surface area contributed by atoms with Crippen LogP contribution in [0.4, 0.5) is 0 Å². The summed E-state index contributed by atoms with van der Waals surface area (Å²) in [4.78, 5) is 23.3. The maximum absolute atomic E-state index is 11.9. The zero-order valence-corrected chi connectivity index (χ0v) is 11.4. The first kappa shape index (κ1) is 14.2. The van der Waals surface area contributed by atoms with Gasteiger partial charge < -0.3 is 20.1 Å². The van der Waals surface area contributed by atoms with Gasteiger partial charge in [-0.1, -0.05) is 6.92 Å². The molecule has 0 fully saturated rings. The van der Waals surface area contributed by atoms with Gasteiger partial charge in [0.1, 0.15) is 13.2 Å². The van der Waals surface area contributed by atoms with Crippen molar-refractivity contribution in [2.24, 2.45) is 0 Å². The molecule has 2 rings (SSSR count). The SMILES string of the molecule is CCCNC(=O)CNC(=O)c1ccc2c(c1)OCCO2. The van der Waals surface area contributed by atoms with Crippen LogP contribution in [-0.2, 0) is 4.79 Å². The summed E-state index contributed by atoms with van der Waals surface area (Å²) in [6.45, 7) is 3.52. The van der Waals surface area contributed by atoms with E-state index in [1.807, 2.05) is 6.92 Å². The van der Waals surface area contributed by atoms with Gasteiger partial charge in [0.25, 0.3) is 5.91 Å². The van der Waals surface area contributed by atoms with Crippen LogP contribution in [0.25, 0.3) is 0 Å². The molecule has 0 aliphatic carbocycles. The Hall–Kier alpha value is -2.24. The van der Waals surface area contributed by atoms with Crippen molar-refractivity contribution in [2.75, 3.05) is 26.3 Å². The summed E-state index contributed by atoms with van der Waals surface area (Å²) in [7, 11) is 0. The summed E-state index contributed by atoms with van der Waals surface area (Å²) in [6, 6.07) is 4.96. The minimum atomic E-state index is -0.311. The van der Waals surface area contributed by atoms with E-state index in [9.17, 15) is 9.59 Å². The third-order valence-electron chi connectivity index (χ3n) is 2.79. The molecule has 0 bridgehead atoms. The standard InChI is InChI=1S/C14H18N2O4/c1-2-5-15-13(17)9-16-14(18)10-3-4-11-12(8-10)20-7-6-19-11/h3-4,8H,2,5-7,9H2,1H3,(H,15,17)(H,16,18). The van der Waals surface area contributed by atoms with E-state index in [-0.39, 0.29) is 18.4 Å². The fourth-order valence-electron chi connectivity index (χ4n) is 1.77. The van der Waals surface area contributed by atoms with Gasteiger partial charge in [0, 0.05) is 12.1 Å². The van der Waals surface area contributed by atoms with Gasteiger partial charge in [-0.05, 0) is 24.6 Å². The third kappa shape index (κ3) is 3.63. The van der Waals surface area contributed by atoms with E-state index in [1.165, 1.54) is 0 Å². The van der Waals surface area contributed by atoms with Crippen molar-refractivity contribution in [1.82, 2.24) is 10.6 Å². The third-order valence-corrected chi connectivity index (χ3v) is 2.79. The largest absolute Gasteiger partial charge is 0.486 e. The van der Waals surface area contributed by atoms with Crippen molar-refractivity contribution in [1.29, 1.82) is 0 Å². The number of hydrogen-bond donors (Lipinski definition) is 2. The molecule has 1 aromatic rings. The van der Waals surface area contributed by atoms with E-state index in [0.29, 0.717) is 36.8 Å². The molecular formula is C14H18N2O4. The number of fused-ring (bicyclic) bond motifs is 1. The van der Waals surface area contributed by atoms with Crippen molar-refractivity contribution in [2.45, 2.75) is 13.3 Å². The summed E-state index contributed by atoms with van der Waals surface area (Å²) < 4.78 is 10.8. The van der Waals surface area contributed by atoms with Gasteiger partial charge in [0.2, 0.25) is 5.91 Å². The zero-order valence-electron chi connectivity index (χ0n) is 11.4. The van der Waals surface area contributed by atoms with Gasteiger partial charge in [-0.25, -0.2) is 0 Å². The Morgan fingerprint density at radius 2 is 1.90 bits per heavy atom. The molecule has 0 aromatic heterocycles. The lowest BCUT2D eigenvalue weighted by molar-refractivity contribution is -0.120. The monoisotopic (exact) mass is 278 g/mol. The Balaban J connectivity index is 1.91. The van der Waals surface area contributed by atoms with Crippen LogP contribution in [0.5, 0.6) is 11.5 Å². The number of rotatable bonds is 5. The van der Waals surface area contributed by atoms with Gasteiger partial charge in [0.05, 0.1) is 6.54 Å². The fourth-order valence-corrected chi connectivity index (χ4v) is 1.77. The molecular weight excluding hydrogens is 260 g/mol. The van der Waals surface area contributed by atoms with Crippen LogP contribution in [0, 0.1) is 0 Å². The summed E-state index contributed by atoms with van der Waals surface area (Å²) in [5.74, 6) is 0.680. The van der Waals surface area contributed by atoms with Crippen molar-refractivity contribution >= 4 is 11.8 Å². The number of carbonyl (C=O) groups is 2. The van der Waals surface area contributed by atoms with E-state index in [2.05, 4.69) is 10.6 Å². The molecule has 2 N–H and O–H groups in total. The van der Waals surface area contributed by atoms with Crippen molar-refractivity contribution in [3.63, 3.8) is 0 Å². The van der Waals surface area contributed by atoms with Crippen LogP contribution in [0.15, 0.2) is 18.2 Å². The molecule has 1 aliphatic rings. The Kier molecular flexibility index (Phi) is 4.81. The first-order chi connectivity index (χ1) is 9.70. The maximum atomic E-state index is 11.9. The van der Waals surface area contributed by atoms with E-state index in [4.69, 9.17) is 9.47 Å². The number of nitrogens with one attached hydrogen (secondary N) is 2. The maximum Gasteiger partial charge on any atom is 0.251 e. The van der Waals surface area contributed by atoms with Gasteiger partial charge in [0.15, 0.2) is 11.5 Å². The van der Waals surface area contributed by atoms with E-state index >= 15 is 0 Å². The molecule has 0 atom stereocenters. The number of ether oxygens (including phenoxy) is 2. The lowest BCUT2D eigenvalue weighted by Gasteiger charge is -2.18. The molecule has 108 valence electrons. The molecule has 0 radical (unpaired) electrons. The van der Waals surface area contributed by atoms with E-state index in [1.54, 1.807) is 18.2 Å². The first-order valence-electron chi connectivity index (χ1n) is 6.65. The summed E-state index contributed by atoms with van der Waals surface area (Å²) in [6.07, 6.45) is 0.863. The predicted octanol–water partition coefficient (Wildman–Crippen LogP) is 0.714. The Morgan fingerprint density at radius 3 is 2.65 bits per heavy atom. The summed E-state index contributed by atoms with van der Waals surface area (Å²) in [5.41, 5.74) is 0.442. The van der Waals surface area contributed by atoms with Crippen LogP contribution < -0.4 is 20.1 Å². The number of amides is 2. The predicted molar refractivity (Wildman–Crippen MR) is 73.1 cm³/mol. The van der Waals surface area contributed by atoms with Crippen LogP contribution in [0.2, 0.25) is 0 Å². The normalized spacial score (nSPS) is 12.7. The minimum Gasteiger partial charge on any atom is -0.486 e. The second-order valence-electron chi connectivity index (χ2n) is 4.39. The molecule has 0 saturated heterocycles. The molecule has 20 heavy (non-hydrogen) atoms. The second-order valence-corrected chi connectivity index (χ2v) is 4.39. The van der Waals surface area contributed by atoms with Crippen LogP contribution in [0.1, 0.15) is 23.7 Å². The number of carbonyl (C=O) groups excluding carboxylic acids is 2. The molecule has 6 nitrogen and oxygen atoms in total. The Labute approximate surface area is 117 Å². The smallest absolute Gasteiger partial charge is 0.251 e. The number of benzene rings is 1.